The molecular weight excluding hydrogens is 296 g/mol. The van der Waals surface area contributed by atoms with Gasteiger partial charge in [0.15, 0.2) is 0 Å². The fraction of sp³-hybridized carbons (Fsp3) is 0.615. The van der Waals surface area contributed by atoms with E-state index in [1.807, 2.05) is 19.9 Å². The molecule has 0 saturated carbocycles. The number of aryl methyl sites for hydroxylation is 2. The fourth-order valence-electron chi connectivity index (χ4n) is 2.30. The Labute approximate surface area is 124 Å². The maximum Gasteiger partial charge on any atom is 0.261 e. The summed E-state index contributed by atoms with van der Waals surface area (Å²) < 4.78 is 24.5. The summed E-state index contributed by atoms with van der Waals surface area (Å²) in [6.07, 6.45) is 2.81. The van der Waals surface area contributed by atoms with Gasteiger partial charge in [0, 0.05) is 24.0 Å². The summed E-state index contributed by atoms with van der Waals surface area (Å²) >= 11 is 1.47. The van der Waals surface area contributed by atoms with Crippen molar-refractivity contribution in [2.75, 3.05) is 19.3 Å². The number of carbonyl (C=O) groups excluding carboxylic acids is 1. The van der Waals surface area contributed by atoms with Gasteiger partial charge in [-0.1, -0.05) is 0 Å². The molecular formula is C13H20N2O3S2. The van der Waals surface area contributed by atoms with Gasteiger partial charge in [-0.25, -0.2) is 12.7 Å². The average molecular weight is 316 g/mol. The number of carbonyl (C=O) groups is 1. The molecule has 2 rings (SSSR count). The third kappa shape index (κ3) is 3.59. The van der Waals surface area contributed by atoms with Crippen LogP contribution in [0.2, 0.25) is 0 Å². The first-order valence-electron chi connectivity index (χ1n) is 6.60. The van der Waals surface area contributed by atoms with Gasteiger partial charge in [-0.05, 0) is 38.3 Å². The number of hydrogen-bond donors (Lipinski definition) is 1. The highest BCUT2D eigenvalue weighted by atomic mass is 32.2. The van der Waals surface area contributed by atoms with E-state index in [2.05, 4.69) is 5.32 Å². The molecule has 1 fully saturated rings. The van der Waals surface area contributed by atoms with Gasteiger partial charge in [-0.3, -0.25) is 4.79 Å². The van der Waals surface area contributed by atoms with E-state index in [9.17, 15) is 13.2 Å². The van der Waals surface area contributed by atoms with Crippen LogP contribution in [-0.2, 0) is 10.0 Å². The van der Waals surface area contributed by atoms with Crippen LogP contribution in [0.25, 0.3) is 0 Å². The van der Waals surface area contributed by atoms with Crippen molar-refractivity contribution in [3.8, 4) is 0 Å². The fourth-order valence-corrected chi connectivity index (χ4v) is 4.15. The maximum atomic E-state index is 12.2. The van der Waals surface area contributed by atoms with Crippen molar-refractivity contribution in [2.24, 2.45) is 0 Å². The molecule has 0 aromatic carbocycles. The lowest BCUT2D eigenvalue weighted by Crippen LogP contribution is -2.49. The molecule has 0 aliphatic carbocycles. The van der Waals surface area contributed by atoms with Crippen LogP contribution in [0.1, 0.15) is 33.0 Å². The highest BCUT2D eigenvalue weighted by molar-refractivity contribution is 7.88. The molecule has 1 aromatic heterocycles. The molecule has 112 valence electrons. The van der Waals surface area contributed by atoms with Crippen LogP contribution in [0.15, 0.2) is 6.07 Å². The quantitative estimate of drug-likeness (QED) is 0.919. The van der Waals surface area contributed by atoms with Crippen LogP contribution < -0.4 is 5.32 Å². The SMILES string of the molecule is Cc1cc(C(=O)NC2CCCN(S(C)(=O)=O)C2)sc1C. The monoisotopic (exact) mass is 316 g/mol. The summed E-state index contributed by atoms with van der Waals surface area (Å²) in [6, 6.07) is 1.78. The highest BCUT2D eigenvalue weighted by Crippen LogP contribution is 2.21. The Hall–Kier alpha value is -0.920. The molecule has 2 heterocycles. The van der Waals surface area contributed by atoms with Crippen molar-refractivity contribution in [3.63, 3.8) is 0 Å². The molecule has 0 radical (unpaired) electrons. The second-order valence-corrected chi connectivity index (χ2v) is 8.52. The molecule has 1 N–H and O–H groups in total. The molecule has 1 aliphatic heterocycles. The Morgan fingerprint density at radius 3 is 2.70 bits per heavy atom. The second kappa shape index (κ2) is 5.83. The zero-order chi connectivity index (χ0) is 14.9. The predicted molar refractivity (Wildman–Crippen MR) is 80.7 cm³/mol. The van der Waals surface area contributed by atoms with Crippen molar-refractivity contribution < 1.29 is 13.2 Å². The summed E-state index contributed by atoms with van der Waals surface area (Å²) in [5.41, 5.74) is 1.11. The van der Waals surface area contributed by atoms with Gasteiger partial charge in [0.05, 0.1) is 11.1 Å². The maximum absolute atomic E-state index is 12.2. The van der Waals surface area contributed by atoms with Crippen LogP contribution in [0.3, 0.4) is 0 Å². The van der Waals surface area contributed by atoms with Gasteiger partial charge in [0.1, 0.15) is 0 Å². The third-order valence-corrected chi connectivity index (χ3v) is 6.00. The van der Waals surface area contributed by atoms with E-state index in [1.165, 1.54) is 21.9 Å². The summed E-state index contributed by atoms with van der Waals surface area (Å²) in [7, 11) is -3.18. The lowest BCUT2D eigenvalue weighted by atomic mass is 10.1. The summed E-state index contributed by atoms with van der Waals surface area (Å²) in [5.74, 6) is -0.105. The van der Waals surface area contributed by atoms with Crippen molar-refractivity contribution >= 4 is 27.3 Å². The van der Waals surface area contributed by atoms with Crippen molar-refractivity contribution in [3.05, 3.63) is 21.4 Å². The Bertz CT molecular complexity index is 588. The third-order valence-electron chi connectivity index (χ3n) is 3.58. The Kier molecular flexibility index (Phi) is 4.51. The number of sulfonamides is 1. The normalized spacial score (nSPS) is 20.9. The van der Waals surface area contributed by atoms with Gasteiger partial charge in [0.2, 0.25) is 10.0 Å². The molecule has 0 spiro atoms. The van der Waals surface area contributed by atoms with Crippen LogP contribution in [0.4, 0.5) is 0 Å². The molecule has 7 heteroatoms. The molecule has 1 unspecified atom stereocenters. The van der Waals surface area contributed by atoms with Crippen LogP contribution in [-0.4, -0.2) is 44.0 Å². The molecule has 5 nitrogen and oxygen atoms in total. The highest BCUT2D eigenvalue weighted by Gasteiger charge is 2.27. The van der Waals surface area contributed by atoms with E-state index in [1.54, 1.807) is 0 Å². The lowest BCUT2D eigenvalue weighted by Gasteiger charge is -2.31. The first-order chi connectivity index (χ1) is 9.27. The van der Waals surface area contributed by atoms with Crippen LogP contribution in [0, 0.1) is 13.8 Å². The average Bonchev–Trinajstić information content (AvgIpc) is 2.69. The molecule has 1 aliphatic rings. The van der Waals surface area contributed by atoms with Gasteiger partial charge in [0.25, 0.3) is 5.91 Å². The molecule has 0 bridgehead atoms. The molecule has 20 heavy (non-hydrogen) atoms. The molecule has 1 atom stereocenters. The summed E-state index contributed by atoms with van der Waals surface area (Å²) in [5, 5.41) is 2.94. The number of nitrogens with zero attached hydrogens (tertiary/aromatic N) is 1. The van der Waals surface area contributed by atoms with Crippen molar-refractivity contribution in [2.45, 2.75) is 32.7 Å². The number of nitrogens with one attached hydrogen (secondary N) is 1. The Morgan fingerprint density at radius 2 is 2.15 bits per heavy atom. The number of hydrogen-bond acceptors (Lipinski definition) is 4. The first-order valence-corrected chi connectivity index (χ1v) is 9.27. The molecule has 1 amide bonds. The summed E-state index contributed by atoms with van der Waals surface area (Å²) in [6.45, 7) is 4.88. The van der Waals surface area contributed by atoms with Gasteiger partial charge in [-0.15, -0.1) is 11.3 Å². The van der Waals surface area contributed by atoms with E-state index >= 15 is 0 Å². The van der Waals surface area contributed by atoms with E-state index in [0.717, 1.165) is 23.3 Å². The van der Waals surface area contributed by atoms with E-state index in [-0.39, 0.29) is 11.9 Å². The molecule has 1 saturated heterocycles. The smallest absolute Gasteiger partial charge is 0.261 e. The topological polar surface area (TPSA) is 66.5 Å². The zero-order valence-corrected chi connectivity index (χ0v) is 13.6. The first kappa shape index (κ1) is 15.5. The molecule has 1 aromatic rings. The summed E-state index contributed by atoms with van der Waals surface area (Å²) in [4.78, 5) is 14.0. The van der Waals surface area contributed by atoms with Crippen molar-refractivity contribution in [1.29, 1.82) is 0 Å². The van der Waals surface area contributed by atoms with Gasteiger partial charge in [-0.2, -0.15) is 0 Å². The zero-order valence-electron chi connectivity index (χ0n) is 12.0. The van der Waals surface area contributed by atoms with Gasteiger partial charge < -0.3 is 5.32 Å². The standard InChI is InChI=1S/C13H20N2O3S2/c1-9-7-12(19-10(9)2)13(16)14-11-5-4-6-15(8-11)20(3,17)18/h7,11H,4-6,8H2,1-3H3,(H,14,16). The number of amides is 1. The number of rotatable bonds is 3. The number of piperidine rings is 1. The number of thiophene rings is 1. The minimum absolute atomic E-state index is 0.103. The lowest BCUT2D eigenvalue weighted by molar-refractivity contribution is 0.0925. The van der Waals surface area contributed by atoms with Crippen LogP contribution in [0.5, 0.6) is 0 Å². The van der Waals surface area contributed by atoms with E-state index in [4.69, 9.17) is 0 Å². The second-order valence-electron chi connectivity index (χ2n) is 5.28. The Morgan fingerprint density at radius 1 is 1.45 bits per heavy atom. The minimum atomic E-state index is -3.18. The van der Waals surface area contributed by atoms with Crippen molar-refractivity contribution in [1.82, 2.24) is 9.62 Å². The Balaban J connectivity index is 2.01. The van der Waals surface area contributed by atoms with E-state index < -0.39 is 10.0 Å². The largest absolute Gasteiger partial charge is 0.347 e. The van der Waals surface area contributed by atoms with Crippen LogP contribution >= 0.6 is 11.3 Å². The van der Waals surface area contributed by atoms with Gasteiger partial charge >= 0.3 is 0 Å². The van der Waals surface area contributed by atoms with E-state index in [0.29, 0.717) is 18.0 Å². The predicted octanol–water partition coefficient (Wildman–Crippen LogP) is 1.52. The minimum Gasteiger partial charge on any atom is -0.347 e.